The highest BCUT2D eigenvalue weighted by Gasteiger charge is 2.17. The van der Waals surface area contributed by atoms with Gasteiger partial charge in [-0.05, 0) is 24.8 Å². The van der Waals surface area contributed by atoms with Crippen molar-refractivity contribution in [3.05, 3.63) is 54.1 Å². The van der Waals surface area contributed by atoms with Gasteiger partial charge < -0.3 is 0 Å². The van der Waals surface area contributed by atoms with Crippen molar-refractivity contribution in [2.24, 2.45) is 0 Å². The number of hydrogen-bond donors (Lipinski definition) is 0. The molecule has 0 unspecified atom stereocenters. The summed E-state index contributed by atoms with van der Waals surface area (Å²) in [6.45, 7) is 6.81. The van der Waals surface area contributed by atoms with Crippen molar-refractivity contribution >= 4 is 0 Å². The van der Waals surface area contributed by atoms with Gasteiger partial charge in [0.25, 0.3) is 5.82 Å². The van der Waals surface area contributed by atoms with Crippen LogP contribution in [0.5, 0.6) is 0 Å². The largest absolute Gasteiger partial charge is 0.256 e. The normalized spacial score (nSPS) is 11.5. The Morgan fingerprint density at radius 3 is 1.17 bits per heavy atom. The van der Waals surface area contributed by atoms with Crippen LogP contribution in [-0.2, 0) is 19.5 Å². The quantitative estimate of drug-likeness (QED) is 0.0507. The molecule has 0 bridgehead atoms. The maximum absolute atomic E-state index is 2.60. The molecule has 0 spiro atoms. The van der Waals surface area contributed by atoms with Gasteiger partial charge in [-0.3, -0.25) is 0 Å². The van der Waals surface area contributed by atoms with Crippen molar-refractivity contribution in [3.63, 3.8) is 0 Å². The van der Waals surface area contributed by atoms with E-state index in [1.807, 2.05) is 0 Å². The van der Waals surface area contributed by atoms with E-state index in [0.717, 1.165) is 6.54 Å². The molecule has 2 nitrogen and oxygen atoms in total. The lowest BCUT2D eigenvalue weighted by Gasteiger charge is -2.07. The fraction of sp³-hybridized carbons (Fsp3) is 0.804. The zero-order valence-corrected chi connectivity index (χ0v) is 32.7. The zero-order valence-electron chi connectivity index (χ0n) is 32.7. The summed E-state index contributed by atoms with van der Waals surface area (Å²) in [5.41, 5.74) is 1.41. The van der Waals surface area contributed by atoms with Crippen molar-refractivity contribution in [2.45, 2.75) is 239 Å². The van der Waals surface area contributed by atoms with Crippen LogP contribution >= 0.6 is 0 Å². The van der Waals surface area contributed by atoms with Crippen LogP contribution in [0.3, 0.4) is 0 Å². The first-order chi connectivity index (χ1) is 23.8. The second kappa shape index (κ2) is 32.6. The Kier molecular flexibility index (Phi) is 29.0. The van der Waals surface area contributed by atoms with Gasteiger partial charge in [0.05, 0.1) is 6.54 Å². The van der Waals surface area contributed by atoms with Gasteiger partial charge in [0.1, 0.15) is 18.9 Å². The minimum absolute atomic E-state index is 1.00. The van der Waals surface area contributed by atoms with E-state index in [9.17, 15) is 0 Å². The molecule has 0 aliphatic rings. The molecule has 0 N–H and O–H groups in total. The Morgan fingerprint density at radius 1 is 0.417 bits per heavy atom. The van der Waals surface area contributed by atoms with Gasteiger partial charge in [-0.2, -0.15) is 0 Å². The lowest BCUT2D eigenvalue weighted by molar-refractivity contribution is -0.695. The van der Waals surface area contributed by atoms with Crippen molar-refractivity contribution in [2.75, 3.05) is 0 Å². The van der Waals surface area contributed by atoms with Gasteiger partial charge >= 0.3 is 0 Å². The molecular formula is C46H83N2+. The number of imidazole rings is 1. The standard InChI is InChI=1S/C46H83N2/c1-3-5-7-9-11-13-15-17-19-21-23-25-27-29-31-36-40-46-47(42-43-48(46)44-45-38-34-33-35-39-45)41-37-32-30-28-26-24-22-20-18-16-14-12-10-8-6-4-2/h33-35,38-39,42-43H,3-32,36-37,40-41,44H2,1-2H3/q+1. The van der Waals surface area contributed by atoms with Crippen molar-refractivity contribution in [3.8, 4) is 0 Å². The van der Waals surface area contributed by atoms with E-state index in [4.69, 9.17) is 0 Å². The summed E-state index contributed by atoms with van der Waals surface area (Å²) in [6.07, 6.45) is 51.9. The third kappa shape index (κ3) is 23.7. The number of unbranched alkanes of at least 4 members (excludes halogenated alkanes) is 30. The Labute approximate surface area is 301 Å². The fourth-order valence-corrected chi connectivity index (χ4v) is 7.57. The Balaban J connectivity index is 1.53. The van der Waals surface area contributed by atoms with E-state index < -0.39 is 0 Å². The van der Waals surface area contributed by atoms with Crippen LogP contribution in [0.25, 0.3) is 0 Å². The SMILES string of the molecule is CCCCCCCCCCCCCCCCCCc1n(CCCCCCCCCCCCCCCCCC)cc[n+]1Cc1ccccc1. The van der Waals surface area contributed by atoms with Crippen molar-refractivity contribution in [1.82, 2.24) is 4.57 Å². The maximum Gasteiger partial charge on any atom is 0.256 e. The molecule has 2 heteroatoms. The summed E-state index contributed by atoms with van der Waals surface area (Å²) in [7, 11) is 0. The van der Waals surface area contributed by atoms with Gasteiger partial charge in [0.15, 0.2) is 0 Å². The highest BCUT2D eigenvalue weighted by Crippen LogP contribution is 2.16. The summed E-state index contributed by atoms with van der Waals surface area (Å²) in [6, 6.07) is 11.0. The van der Waals surface area contributed by atoms with Crippen LogP contribution in [0, 0.1) is 0 Å². The third-order valence-electron chi connectivity index (χ3n) is 10.8. The Morgan fingerprint density at radius 2 is 0.771 bits per heavy atom. The first-order valence-electron chi connectivity index (χ1n) is 22.0. The molecule has 0 aliphatic carbocycles. The number of hydrogen-bond acceptors (Lipinski definition) is 0. The number of rotatable bonds is 36. The summed E-state index contributed by atoms with van der Waals surface area (Å²) in [5, 5.41) is 0. The van der Waals surface area contributed by atoms with E-state index in [2.05, 4.69) is 65.7 Å². The predicted molar refractivity (Wildman–Crippen MR) is 213 cm³/mol. The number of benzene rings is 1. The average Bonchev–Trinajstić information content (AvgIpc) is 3.48. The van der Waals surface area contributed by atoms with E-state index in [1.165, 1.54) is 224 Å². The first kappa shape index (κ1) is 42.6. The Bertz CT molecular complexity index is 915. The zero-order chi connectivity index (χ0) is 34.0. The minimum Gasteiger partial charge on any atom is -0.234 e. The van der Waals surface area contributed by atoms with Gasteiger partial charge in [-0.1, -0.05) is 230 Å². The average molecular weight is 664 g/mol. The molecule has 2 aromatic rings. The smallest absolute Gasteiger partial charge is 0.234 e. The van der Waals surface area contributed by atoms with Crippen LogP contribution in [0.15, 0.2) is 42.7 Å². The van der Waals surface area contributed by atoms with Gasteiger partial charge in [0, 0.05) is 6.42 Å². The second-order valence-corrected chi connectivity index (χ2v) is 15.4. The van der Waals surface area contributed by atoms with Gasteiger partial charge in [-0.25, -0.2) is 9.13 Å². The molecule has 276 valence electrons. The monoisotopic (exact) mass is 664 g/mol. The molecule has 0 aliphatic heterocycles. The van der Waals surface area contributed by atoms with E-state index >= 15 is 0 Å². The van der Waals surface area contributed by atoms with Crippen LogP contribution in [-0.4, -0.2) is 4.57 Å². The predicted octanol–water partition coefficient (Wildman–Crippen LogP) is 14.9. The Hall–Kier alpha value is -1.57. The fourth-order valence-electron chi connectivity index (χ4n) is 7.57. The molecule has 48 heavy (non-hydrogen) atoms. The van der Waals surface area contributed by atoms with Crippen molar-refractivity contribution < 1.29 is 4.57 Å². The molecule has 0 saturated carbocycles. The molecule has 0 atom stereocenters. The molecular weight excluding hydrogens is 581 g/mol. The molecule has 0 amide bonds. The summed E-state index contributed by atoms with van der Waals surface area (Å²) < 4.78 is 5.13. The van der Waals surface area contributed by atoms with Crippen LogP contribution < -0.4 is 4.57 Å². The molecule has 1 heterocycles. The number of aryl methyl sites for hydroxylation is 1. The second-order valence-electron chi connectivity index (χ2n) is 15.4. The number of aromatic nitrogens is 2. The van der Waals surface area contributed by atoms with Gasteiger partial charge in [0.2, 0.25) is 0 Å². The number of nitrogens with zero attached hydrogens (tertiary/aromatic N) is 2. The highest BCUT2D eigenvalue weighted by atomic mass is 15.1. The van der Waals surface area contributed by atoms with E-state index in [-0.39, 0.29) is 0 Å². The molecule has 1 aromatic carbocycles. The van der Waals surface area contributed by atoms with Crippen LogP contribution in [0.4, 0.5) is 0 Å². The highest BCUT2D eigenvalue weighted by molar-refractivity contribution is 5.13. The molecule has 0 radical (unpaired) electrons. The lowest BCUT2D eigenvalue weighted by atomic mass is 10.0. The van der Waals surface area contributed by atoms with E-state index in [1.54, 1.807) is 5.82 Å². The molecule has 2 rings (SSSR count). The van der Waals surface area contributed by atoms with Crippen LogP contribution in [0.2, 0.25) is 0 Å². The molecule has 0 saturated heterocycles. The maximum atomic E-state index is 2.60. The lowest BCUT2D eigenvalue weighted by Crippen LogP contribution is -2.37. The van der Waals surface area contributed by atoms with E-state index in [0.29, 0.717) is 0 Å². The van der Waals surface area contributed by atoms with Crippen molar-refractivity contribution in [1.29, 1.82) is 0 Å². The summed E-state index contributed by atoms with van der Waals surface area (Å²) in [4.78, 5) is 0. The molecule has 1 aromatic heterocycles. The summed E-state index contributed by atoms with van der Waals surface area (Å²) >= 11 is 0. The third-order valence-corrected chi connectivity index (χ3v) is 10.8. The molecule has 0 fully saturated rings. The first-order valence-corrected chi connectivity index (χ1v) is 22.0. The minimum atomic E-state index is 1.00. The topological polar surface area (TPSA) is 8.81 Å². The van der Waals surface area contributed by atoms with Gasteiger partial charge in [-0.15, -0.1) is 0 Å². The summed E-state index contributed by atoms with van der Waals surface area (Å²) in [5.74, 6) is 1.55. The van der Waals surface area contributed by atoms with Crippen LogP contribution in [0.1, 0.15) is 231 Å².